The molecule has 0 radical (unpaired) electrons. The Morgan fingerprint density at radius 2 is 1.88 bits per heavy atom. The SMILES string of the molecule is CNC1CCC(C)CC1N1CCCCC1C. The number of nitrogens with zero attached hydrogens (tertiary/aromatic N) is 1. The molecule has 0 amide bonds. The zero-order valence-electron chi connectivity index (χ0n) is 11.2. The van der Waals surface area contributed by atoms with Gasteiger partial charge in [-0.1, -0.05) is 13.3 Å². The van der Waals surface area contributed by atoms with Crippen LogP contribution in [0.4, 0.5) is 0 Å². The van der Waals surface area contributed by atoms with Crippen LogP contribution in [0.15, 0.2) is 0 Å². The Balaban J connectivity index is 2.02. The van der Waals surface area contributed by atoms with Crippen molar-refractivity contribution >= 4 is 0 Å². The van der Waals surface area contributed by atoms with Crippen molar-refractivity contribution in [2.24, 2.45) is 5.92 Å². The van der Waals surface area contributed by atoms with Gasteiger partial charge in [-0.15, -0.1) is 0 Å². The molecular formula is C14H28N2. The molecule has 0 aromatic carbocycles. The van der Waals surface area contributed by atoms with Crippen molar-refractivity contribution in [1.82, 2.24) is 10.2 Å². The van der Waals surface area contributed by atoms with Gasteiger partial charge < -0.3 is 5.32 Å². The van der Waals surface area contributed by atoms with Crippen molar-refractivity contribution in [2.45, 2.75) is 70.5 Å². The molecule has 2 rings (SSSR count). The number of rotatable bonds is 2. The van der Waals surface area contributed by atoms with E-state index in [4.69, 9.17) is 0 Å². The molecule has 0 spiro atoms. The first-order valence-corrected chi connectivity index (χ1v) is 7.15. The Bertz CT molecular complexity index is 217. The van der Waals surface area contributed by atoms with Gasteiger partial charge in [0.05, 0.1) is 0 Å². The Morgan fingerprint density at radius 3 is 2.56 bits per heavy atom. The maximum absolute atomic E-state index is 3.55. The molecule has 4 atom stereocenters. The summed E-state index contributed by atoms with van der Waals surface area (Å²) >= 11 is 0. The van der Waals surface area contributed by atoms with Crippen LogP contribution in [-0.4, -0.2) is 36.6 Å². The van der Waals surface area contributed by atoms with Gasteiger partial charge in [-0.3, -0.25) is 4.90 Å². The maximum atomic E-state index is 3.55. The standard InChI is InChI=1S/C14H28N2/c1-11-7-8-13(15-3)14(10-11)16-9-5-4-6-12(16)2/h11-15H,4-10H2,1-3H3. The van der Waals surface area contributed by atoms with Crippen LogP contribution in [-0.2, 0) is 0 Å². The van der Waals surface area contributed by atoms with Crippen molar-refractivity contribution in [3.05, 3.63) is 0 Å². The predicted molar refractivity (Wildman–Crippen MR) is 69.7 cm³/mol. The molecule has 1 aliphatic carbocycles. The maximum Gasteiger partial charge on any atom is 0.0254 e. The number of piperidine rings is 1. The monoisotopic (exact) mass is 224 g/mol. The molecule has 0 aromatic heterocycles. The smallest absolute Gasteiger partial charge is 0.0254 e. The van der Waals surface area contributed by atoms with Crippen molar-refractivity contribution in [3.63, 3.8) is 0 Å². The van der Waals surface area contributed by atoms with Gasteiger partial charge in [0, 0.05) is 18.1 Å². The molecule has 2 aliphatic rings. The molecule has 0 bridgehead atoms. The van der Waals surface area contributed by atoms with Crippen molar-refractivity contribution in [2.75, 3.05) is 13.6 Å². The highest BCUT2D eigenvalue weighted by atomic mass is 15.2. The zero-order chi connectivity index (χ0) is 11.5. The molecule has 2 fully saturated rings. The van der Waals surface area contributed by atoms with E-state index in [1.165, 1.54) is 45.1 Å². The molecule has 1 heterocycles. The van der Waals surface area contributed by atoms with E-state index in [2.05, 4.69) is 31.1 Å². The van der Waals surface area contributed by atoms with Gasteiger partial charge in [-0.05, 0) is 58.5 Å². The highest BCUT2D eigenvalue weighted by Crippen LogP contribution is 2.31. The quantitative estimate of drug-likeness (QED) is 0.776. The minimum Gasteiger partial charge on any atom is -0.315 e. The van der Waals surface area contributed by atoms with E-state index in [1.807, 2.05) is 0 Å². The summed E-state index contributed by atoms with van der Waals surface area (Å²) in [7, 11) is 2.14. The summed E-state index contributed by atoms with van der Waals surface area (Å²) in [5, 5.41) is 3.55. The Labute approximate surface area is 101 Å². The van der Waals surface area contributed by atoms with Gasteiger partial charge in [-0.25, -0.2) is 0 Å². The number of hydrogen-bond acceptors (Lipinski definition) is 2. The fourth-order valence-corrected chi connectivity index (χ4v) is 3.67. The molecule has 2 heteroatoms. The highest BCUT2D eigenvalue weighted by molar-refractivity contribution is 4.92. The summed E-state index contributed by atoms with van der Waals surface area (Å²) < 4.78 is 0. The van der Waals surface area contributed by atoms with Crippen LogP contribution in [0.2, 0.25) is 0 Å². The predicted octanol–water partition coefficient (Wildman–Crippen LogP) is 2.64. The van der Waals surface area contributed by atoms with Gasteiger partial charge in [0.1, 0.15) is 0 Å². The van der Waals surface area contributed by atoms with Crippen LogP contribution in [0.25, 0.3) is 0 Å². The lowest BCUT2D eigenvalue weighted by Gasteiger charge is -2.46. The zero-order valence-corrected chi connectivity index (χ0v) is 11.2. The summed E-state index contributed by atoms with van der Waals surface area (Å²) in [6.07, 6.45) is 8.42. The lowest BCUT2D eigenvalue weighted by molar-refractivity contribution is 0.0488. The van der Waals surface area contributed by atoms with E-state index in [9.17, 15) is 0 Å². The lowest BCUT2D eigenvalue weighted by Crippen LogP contribution is -2.56. The second kappa shape index (κ2) is 5.50. The second-order valence-electron chi connectivity index (χ2n) is 5.96. The van der Waals surface area contributed by atoms with Gasteiger partial charge in [-0.2, -0.15) is 0 Å². The third kappa shape index (κ3) is 2.60. The summed E-state index contributed by atoms with van der Waals surface area (Å²) in [5.74, 6) is 0.920. The van der Waals surface area contributed by atoms with Crippen LogP contribution in [0.1, 0.15) is 52.4 Å². The van der Waals surface area contributed by atoms with Crippen LogP contribution >= 0.6 is 0 Å². The molecule has 1 N–H and O–H groups in total. The first-order chi connectivity index (χ1) is 7.72. The van der Waals surface area contributed by atoms with E-state index < -0.39 is 0 Å². The molecule has 2 nitrogen and oxygen atoms in total. The van der Waals surface area contributed by atoms with Crippen LogP contribution in [0.3, 0.4) is 0 Å². The molecule has 1 saturated heterocycles. The second-order valence-corrected chi connectivity index (χ2v) is 5.96. The number of likely N-dealkylation sites (N-methyl/N-ethyl adjacent to an activating group) is 1. The molecule has 94 valence electrons. The first kappa shape index (κ1) is 12.4. The third-order valence-corrected chi connectivity index (χ3v) is 4.73. The molecule has 0 aromatic rings. The van der Waals surface area contributed by atoms with E-state index in [1.54, 1.807) is 0 Å². The number of likely N-dealkylation sites (tertiary alicyclic amines) is 1. The lowest BCUT2D eigenvalue weighted by atomic mass is 9.81. The first-order valence-electron chi connectivity index (χ1n) is 7.15. The van der Waals surface area contributed by atoms with E-state index in [0.29, 0.717) is 0 Å². The summed E-state index contributed by atoms with van der Waals surface area (Å²) in [6.45, 7) is 6.18. The van der Waals surface area contributed by atoms with E-state index in [0.717, 1.165) is 24.0 Å². The van der Waals surface area contributed by atoms with Gasteiger partial charge in [0.15, 0.2) is 0 Å². The Morgan fingerprint density at radius 1 is 1.06 bits per heavy atom. The van der Waals surface area contributed by atoms with Gasteiger partial charge in [0.25, 0.3) is 0 Å². The van der Waals surface area contributed by atoms with Crippen LogP contribution in [0, 0.1) is 5.92 Å². The van der Waals surface area contributed by atoms with Gasteiger partial charge in [0.2, 0.25) is 0 Å². The normalized spacial score (nSPS) is 42.2. The van der Waals surface area contributed by atoms with E-state index in [-0.39, 0.29) is 0 Å². The molecular weight excluding hydrogens is 196 g/mol. The van der Waals surface area contributed by atoms with Crippen LogP contribution in [0.5, 0.6) is 0 Å². The summed E-state index contributed by atoms with van der Waals surface area (Å²) in [5.41, 5.74) is 0. The Hall–Kier alpha value is -0.0800. The van der Waals surface area contributed by atoms with Crippen molar-refractivity contribution in [1.29, 1.82) is 0 Å². The molecule has 1 aliphatic heterocycles. The van der Waals surface area contributed by atoms with E-state index >= 15 is 0 Å². The molecule has 16 heavy (non-hydrogen) atoms. The minimum atomic E-state index is 0.733. The number of nitrogens with one attached hydrogen (secondary N) is 1. The highest BCUT2D eigenvalue weighted by Gasteiger charge is 2.34. The Kier molecular flexibility index (Phi) is 4.26. The molecule has 4 unspecified atom stereocenters. The molecule has 1 saturated carbocycles. The minimum absolute atomic E-state index is 0.733. The van der Waals surface area contributed by atoms with Crippen LogP contribution < -0.4 is 5.32 Å². The van der Waals surface area contributed by atoms with Crippen molar-refractivity contribution in [3.8, 4) is 0 Å². The average molecular weight is 224 g/mol. The topological polar surface area (TPSA) is 15.3 Å². The average Bonchev–Trinajstić information content (AvgIpc) is 2.29. The summed E-state index contributed by atoms with van der Waals surface area (Å²) in [4.78, 5) is 2.79. The number of hydrogen-bond donors (Lipinski definition) is 1. The summed E-state index contributed by atoms with van der Waals surface area (Å²) in [6, 6.07) is 2.33. The fraction of sp³-hybridized carbons (Fsp3) is 1.00. The van der Waals surface area contributed by atoms with Gasteiger partial charge >= 0.3 is 0 Å². The largest absolute Gasteiger partial charge is 0.315 e. The fourth-order valence-electron chi connectivity index (χ4n) is 3.67. The third-order valence-electron chi connectivity index (χ3n) is 4.73. The van der Waals surface area contributed by atoms with Crippen molar-refractivity contribution < 1.29 is 0 Å².